The van der Waals surface area contributed by atoms with E-state index in [1.165, 1.54) is 12.1 Å². The van der Waals surface area contributed by atoms with Gasteiger partial charge in [0.05, 0.1) is 4.47 Å². The molecule has 0 aliphatic carbocycles. The van der Waals surface area contributed by atoms with Crippen LogP contribution < -0.4 is 15.8 Å². The Labute approximate surface area is 114 Å². The highest BCUT2D eigenvalue weighted by Gasteiger charge is 2.32. The van der Waals surface area contributed by atoms with Crippen molar-refractivity contribution in [1.29, 1.82) is 0 Å². The zero-order valence-corrected chi connectivity index (χ0v) is 11.0. The van der Waals surface area contributed by atoms with Crippen molar-refractivity contribution < 1.29 is 27.8 Å². The zero-order chi connectivity index (χ0) is 14.6. The first kappa shape index (κ1) is 15.6. The van der Waals surface area contributed by atoms with Crippen LogP contribution in [0.5, 0.6) is 5.75 Å². The predicted molar refractivity (Wildman–Crippen MR) is 64.9 cm³/mol. The van der Waals surface area contributed by atoms with Crippen LogP contribution in [0.2, 0.25) is 0 Å². The molecule has 1 atom stereocenters. The first-order chi connectivity index (χ1) is 8.73. The molecule has 1 unspecified atom stereocenters. The van der Waals surface area contributed by atoms with Crippen LogP contribution >= 0.6 is 15.9 Å². The molecule has 0 aliphatic rings. The van der Waals surface area contributed by atoms with Gasteiger partial charge in [0.15, 0.2) is 0 Å². The number of halogens is 4. The van der Waals surface area contributed by atoms with E-state index in [0.29, 0.717) is 5.69 Å². The van der Waals surface area contributed by atoms with Gasteiger partial charge >= 0.3 is 12.3 Å². The van der Waals surface area contributed by atoms with E-state index in [2.05, 4.69) is 26.0 Å². The Morgan fingerprint density at radius 1 is 1.53 bits per heavy atom. The van der Waals surface area contributed by atoms with Crippen molar-refractivity contribution in [2.45, 2.75) is 12.4 Å². The number of hydrogen-bond donors (Lipinski definition) is 3. The maximum absolute atomic E-state index is 12.0. The van der Waals surface area contributed by atoms with E-state index in [1.807, 2.05) is 0 Å². The first-order valence-corrected chi connectivity index (χ1v) is 5.77. The molecule has 1 aromatic carbocycles. The lowest BCUT2D eigenvalue weighted by Gasteiger charge is -2.15. The largest absolute Gasteiger partial charge is 0.573 e. The lowest BCUT2D eigenvalue weighted by Crippen LogP contribution is -2.36. The van der Waals surface area contributed by atoms with Crippen molar-refractivity contribution in [3.8, 4) is 5.75 Å². The van der Waals surface area contributed by atoms with E-state index < -0.39 is 24.1 Å². The molecular weight excluding hydrogens is 333 g/mol. The average Bonchev–Trinajstić information content (AvgIpc) is 2.27. The molecule has 1 aromatic rings. The number of anilines is 1. The highest BCUT2D eigenvalue weighted by atomic mass is 79.9. The highest BCUT2D eigenvalue weighted by molar-refractivity contribution is 9.10. The fourth-order valence-corrected chi connectivity index (χ4v) is 1.68. The molecule has 0 heterocycles. The summed E-state index contributed by atoms with van der Waals surface area (Å²) in [6.07, 6.45) is -4.79. The molecule has 0 aromatic heterocycles. The topological polar surface area (TPSA) is 84.6 Å². The number of aliphatic carboxylic acids is 1. The molecule has 0 saturated heterocycles. The van der Waals surface area contributed by atoms with Crippen LogP contribution in [-0.4, -0.2) is 30.0 Å². The van der Waals surface area contributed by atoms with Gasteiger partial charge in [-0.15, -0.1) is 13.2 Å². The summed E-state index contributed by atoms with van der Waals surface area (Å²) in [5, 5.41) is 11.4. The number of alkyl halides is 3. The molecule has 1 rings (SSSR count). The Bertz CT molecular complexity index is 468. The zero-order valence-electron chi connectivity index (χ0n) is 9.37. The third kappa shape index (κ3) is 4.95. The molecule has 0 amide bonds. The Balaban J connectivity index is 2.85. The van der Waals surface area contributed by atoms with Crippen molar-refractivity contribution >= 4 is 27.6 Å². The summed E-state index contributed by atoms with van der Waals surface area (Å²) < 4.78 is 39.9. The molecule has 0 spiro atoms. The summed E-state index contributed by atoms with van der Waals surface area (Å²) in [5.41, 5.74) is 5.55. The number of carboxylic acids is 1. The lowest BCUT2D eigenvalue weighted by molar-refractivity contribution is -0.274. The second-order valence-corrected chi connectivity index (χ2v) is 4.32. The van der Waals surface area contributed by atoms with Crippen molar-refractivity contribution in [2.75, 3.05) is 11.9 Å². The van der Waals surface area contributed by atoms with E-state index in [-0.39, 0.29) is 11.0 Å². The number of rotatable bonds is 5. The fraction of sp³-hybridized carbons (Fsp3) is 0.300. The van der Waals surface area contributed by atoms with Gasteiger partial charge in [0.25, 0.3) is 0 Å². The van der Waals surface area contributed by atoms with Crippen LogP contribution in [0.3, 0.4) is 0 Å². The molecule has 19 heavy (non-hydrogen) atoms. The van der Waals surface area contributed by atoms with Gasteiger partial charge in [-0.05, 0) is 34.1 Å². The average molecular weight is 343 g/mol. The van der Waals surface area contributed by atoms with Gasteiger partial charge < -0.3 is 20.9 Å². The third-order valence-corrected chi connectivity index (χ3v) is 2.65. The maximum atomic E-state index is 12.0. The predicted octanol–water partition coefficient (Wildman–Crippen LogP) is 2.17. The quantitative estimate of drug-likeness (QED) is 0.763. The summed E-state index contributed by atoms with van der Waals surface area (Å²) in [7, 11) is 0. The molecule has 4 N–H and O–H groups in total. The molecule has 0 radical (unpaired) electrons. The van der Waals surface area contributed by atoms with Crippen molar-refractivity contribution in [1.82, 2.24) is 0 Å². The number of carbonyl (C=O) groups is 1. The standard InChI is InChI=1S/C10H10BrF3N2O3/c11-6-3-5(16-7(4-15)9(17)18)1-2-8(6)19-10(12,13)14/h1-3,7,16H,4,15H2,(H,17,18). The van der Waals surface area contributed by atoms with Gasteiger partial charge in [-0.2, -0.15) is 0 Å². The van der Waals surface area contributed by atoms with Gasteiger partial charge in [0.1, 0.15) is 11.8 Å². The van der Waals surface area contributed by atoms with Gasteiger partial charge in [0, 0.05) is 12.2 Å². The third-order valence-electron chi connectivity index (χ3n) is 2.03. The molecule has 0 saturated carbocycles. The van der Waals surface area contributed by atoms with Crippen LogP contribution in [0.1, 0.15) is 0 Å². The number of ether oxygens (including phenoxy) is 1. The van der Waals surface area contributed by atoms with Crippen molar-refractivity contribution in [2.24, 2.45) is 5.73 Å². The van der Waals surface area contributed by atoms with E-state index in [9.17, 15) is 18.0 Å². The molecule has 0 aliphatic heterocycles. The molecular formula is C10H10BrF3N2O3. The smallest absolute Gasteiger partial charge is 0.480 e. The highest BCUT2D eigenvalue weighted by Crippen LogP contribution is 2.32. The number of hydrogen-bond acceptors (Lipinski definition) is 4. The minimum atomic E-state index is -4.79. The summed E-state index contributed by atoms with van der Waals surface area (Å²) in [5.74, 6) is -1.58. The van der Waals surface area contributed by atoms with E-state index >= 15 is 0 Å². The molecule has 0 bridgehead atoms. The Kier molecular flexibility index (Phi) is 5.01. The number of nitrogens with one attached hydrogen (secondary N) is 1. The van der Waals surface area contributed by atoms with Crippen LogP contribution in [0.15, 0.2) is 22.7 Å². The maximum Gasteiger partial charge on any atom is 0.573 e. The molecule has 5 nitrogen and oxygen atoms in total. The summed E-state index contributed by atoms with van der Waals surface area (Å²) in [6.45, 7) is -0.159. The van der Waals surface area contributed by atoms with E-state index in [1.54, 1.807) is 0 Å². The Morgan fingerprint density at radius 2 is 2.16 bits per heavy atom. The van der Waals surface area contributed by atoms with Gasteiger partial charge in [0.2, 0.25) is 0 Å². The summed E-state index contributed by atoms with van der Waals surface area (Å²) >= 11 is 2.90. The Hall–Kier alpha value is -1.48. The van der Waals surface area contributed by atoms with Crippen LogP contribution in [0, 0.1) is 0 Å². The van der Waals surface area contributed by atoms with Crippen molar-refractivity contribution in [3.05, 3.63) is 22.7 Å². The SMILES string of the molecule is NCC(Nc1ccc(OC(F)(F)F)c(Br)c1)C(=O)O. The summed E-state index contributed by atoms with van der Waals surface area (Å²) in [4.78, 5) is 10.7. The van der Waals surface area contributed by atoms with E-state index in [0.717, 1.165) is 6.07 Å². The normalized spacial score (nSPS) is 12.9. The lowest BCUT2D eigenvalue weighted by atomic mass is 10.2. The molecule has 106 valence electrons. The van der Waals surface area contributed by atoms with Gasteiger partial charge in [-0.25, -0.2) is 4.79 Å². The van der Waals surface area contributed by atoms with Crippen molar-refractivity contribution in [3.63, 3.8) is 0 Å². The first-order valence-electron chi connectivity index (χ1n) is 4.97. The van der Waals surface area contributed by atoms with Gasteiger partial charge in [-0.1, -0.05) is 0 Å². The second-order valence-electron chi connectivity index (χ2n) is 3.46. The monoisotopic (exact) mass is 342 g/mol. The van der Waals surface area contributed by atoms with Crippen LogP contribution in [0.25, 0.3) is 0 Å². The van der Waals surface area contributed by atoms with Crippen LogP contribution in [0.4, 0.5) is 18.9 Å². The minimum absolute atomic E-state index is 0.0379. The number of benzene rings is 1. The van der Waals surface area contributed by atoms with Crippen LogP contribution in [-0.2, 0) is 4.79 Å². The molecule has 0 fully saturated rings. The molecule has 9 heteroatoms. The number of carboxylic acid groups (broad SMARTS) is 1. The Morgan fingerprint density at radius 3 is 2.58 bits per heavy atom. The second kappa shape index (κ2) is 6.11. The van der Waals surface area contributed by atoms with Gasteiger partial charge in [-0.3, -0.25) is 0 Å². The number of nitrogens with two attached hydrogens (primary N) is 1. The summed E-state index contributed by atoms with van der Waals surface area (Å²) in [6, 6.07) is 2.57. The minimum Gasteiger partial charge on any atom is -0.480 e. The van der Waals surface area contributed by atoms with E-state index in [4.69, 9.17) is 10.8 Å². The fourth-order valence-electron chi connectivity index (χ4n) is 1.22.